The third kappa shape index (κ3) is 0.680. The van der Waals surface area contributed by atoms with E-state index in [1.54, 1.807) is 19.3 Å². The number of hydrogen-bond acceptors (Lipinski definition) is 1. The third-order valence-corrected chi connectivity index (χ3v) is 6.05. The second-order valence-corrected chi connectivity index (χ2v) is 6.29. The lowest BCUT2D eigenvalue weighted by Gasteiger charge is -2.31. The van der Waals surface area contributed by atoms with E-state index in [2.05, 4.69) is 18.9 Å². The molecule has 3 aliphatic carbocycles. The number of likely N-dealkylation sites (tertiary alicyclic amines) is 1. The topological polar surface area (TPSA) is 3.01 Å². The summed E-state index contributed by atoms with van der Waals surface area (Å²) < 4.78 is 0. The molecule has 0 aromatic carbocycles. The SMILES string of the molecule is CCC1CC2CC3CC3C23C(C1)N3C. The fraction of sp³-hybridized carbons (Fsp3) is 1.00. The van der Waals surface area contributed by atoms with Crippen LogP contribution in [0.4, 0.5) is 0 Å². The molecule has 3 saturated carbocycles. The Labute approximate surface area is 86.9 Å². The molecule has 0 aromatic rings. The first kappa shape index (κ1) is 8.15. The molecule has 0 N–H and O–H groups in total. The van der Waals surface area contributed by atoms with Crippen LogP contribution in [0.5, 0.6) is 0 Å². The van der Waals surface area contributed by atoms with Crippen molar-refractivity contribution in [3.63, 3.8) is 0 Å². The molecule has 7 unspecified atom stereocenters. The zero-order valence-electron chi connectivity index (χ0n) is 9.37. The van der Waals surface area contributed by atoms with Gasteiger partial charge in [-0.3, -0.25) is 4.90 Å². The Morgan fingerprint density at radius 2 is 2.07 bits per heavy atom. The monoisotopic (exact) mass is 191 g/mol. The summed E-state index contributed by atoms with van der Waals surface area (Å²) in [5, 5.41) is 0. The van der Waals surface area contributed by atoms with E-state index in [0.717, 1.165) is 35.3 Å². The molecule has 1 heteroatoms. The van der Waals surface area contributed by atoms with Gasteiger partial charge in [-0.25, -0.2) is 0 Å². The highest BCUT2D eigenvalue weighted by Gasteiger charge is 2.78. The van der Waals surface area contributed by atoms with Crippen LogP contribution in [0.1, 0.15) is 39.0 Å². The quantitative estimate of drug-likeness (QED) is 0.576. The summed E-state index contributed by atoms with van der Waals surface area (Å²) in [5.41, 5.74) is 0.760. The Hall–Kier alpha value is -0.0400. The lowest BCUT2D eigenvalue weighted by molar-refractivity contribution is 0.228. The Bertz CT molecular complexity index is 287. The Kier molecular flexibility index (Phi) is 1.29. The Balaban J connectivity index is 1.68. The molecule has 78 valence electrons. The third-order valence-electron chi connectivity index (χ3n) is 6.05. The highest BCUT2D eigenvalue weighted by Crippen LogP contribution is 2.74. The number of rotatable bonds is 1. The van der Waals surface area contributed by atoms with Crippen molar-refractivity contribution in [1.29, 1.82) is 0 Å². The van der Waals surface area contributed by atoms with Crippen molar-refractivity contribution in [2.24, 2.45) is 23.7 Å². The molecule has 4 fully saturated rings. The smallest absolute Gasteiger partial charge is 0.0424 e. The summed E-state index contributed by atoms with van der Waals surface area (Å²) in [6.07, 6.45) is 7.67. The summed E-state index contributed by atoms with van der Waals surface area (Å²) >= 11 is 0. The van der Waals surface area contributed by atoms with Crippen LogP contribution in [-0.4, -0.2) is 23.5 Å². The maximum atomic E-state index is 2.75. The van der Waals surface area contributed by atoms with Crippen LogP contribution in [0, 0.1) is 23.7 Å². The van der Waals surface area contributed by atoms with Gasteiger partial charge in [0.1, 0.15) is 0 Å². The summed E-state index contributed by atoms with van der Waals surface area (Å²) in [5.74, 6) is 4.45. The van der Waals surface area contributed by atoms with Gasteiger partial charge in [0.15, 0.2) is 0 Å². The standard InChI is InChI=1S/C13H21N/c1-3-8-4-10-6-9-7-11(9)13(10)12(5-8)14(13)2/h8-12H,3-7H2,1-2H3. The Morgan fingerprint density at radius 1 is 1.21 bits per heavy atom. The minimum absolute atomic E-state index is 0.760. The van der Waals surface area contributed by atoms with Crippen LogP contribution in [0.3, 0.4) is 0 Å². The van der Waals surface area contributed by atoms with Gasteiger partial charge in [0.05, 0.1) is 0 Å². The molecule has 1 spiro atoms. The molecule has 7 atom stereocenters. The van der Waals surface area contributed by atoms with Crippen LogP contribution < -0.4 is 0 Å². The lowest BCUT2D eigenvalue weighted by Crippen LogP contribution is -2.33. The van der Waals surface area contributed by atoms with Crippen LogP contribution in [-0.2, 0) is 0 Å². The van der Waals surface area contributed by atoms with E-state index in [0.29, 0.717) is 0 Å². The largest absolute Gasteiger partial charge is 0.294 e. The molecular weight excluding hydrogens is 170 g/mol. The number of hydrogen-bond donors (Lipinski definition) is 0. The van der Waals surface area contributed by atoms with E-state index in [-0.39, 0.29) is 0 Å². The van der Waals surface area contributed by atoms with Gasteiger partial charge < -0.3 is 0 Å². The zero-order valence-corrected chi connectivity index (χ0v) is 9.37. The minimum atomic E-state index is 0.760. The molecule has 1 saturated heterocycles. The summed E-state index contributed by atoms with van der Waals surface area (Å²) in [7, 11) is 2.40. The van der Waals surface area contributed by atoms with Crippen LogP contribution in [0.15, 0.2) is 0 Å². The van der Waals surface area contributed by atoms with Gasteiger partial charge in [-0.15, -0.1) is 0 Å². The average Bonchev–Trinajstić information content (AvgIpc) is 3.04. The maximum Gasteiger partial charge on any atom is 0.0424 e. The van der Waals surface area contributed by atoms with Gasteiger partial charge in [0.25, 0.3) is 0 Å². The van der Waals surface area contributed by atoms with Crippen molar-refractivity contribution in [2.75, 3.05) is 7.05 Å². The number of likely N-dealkylation sites (N-methyl/N-ethyl adjacent to an activating group) is 1. The normalized spacial score (nSPS) is 68.1. The molecule has 1 aliphatic heterocycles. The van der Waals surface area contributed by atoms with Crippen LogP contribution >= 0.6 is 0 Å². The fourth-order valence-corrected chi connectivity index (χ4v) is 5.31. The van der Waals surface area contributed by atoms with Crippen molar-refractivity contribution in [1.82, 2.24) is 4.90 Å². The summed E-state index contributed by atoms with van der Waals surface area (Å²) in [6, 6.07) is 1.00. The van der Waals surface area contributed by atoms with Crippen molar-refractivity contribution >= 4 is 0 Å². The first-order valence-corrected chi connectivity index (χ1v) is 6.51. The molecule has 0 bridgehead atoms. The lowest BCUT2D eigenvalue weighted by atomic mass is 9.72. The molecule has 0 radical (unpaired) electrons. The first-order chi connectivity index (χ1) is 6.78. The predicted molar refractivity (Wildman–Crippen MR) is 57.0 cm³/mol. The van der Waals surface area contributed by atoms with Crippen molar-refractivity contribution in [3.05, 3.63) is 0 Å². The van der Waals surface area contributed by atoms with Gasteiger partial charge in [0.2, 0.25) is 0 Å². The minimum Gasteiger partial charge on any atom is -0.294 e. The van der Waals surface area contributed by atoms with Gasteiger partial charge in [-0.1, -0.05) is 13.3 Å². The highest BCUT2D eigenvalue weighted by atomic mass is 15.4. The molecule has 0 amide bonds. The predicted octanol–water partition coefficient (Wildman–Crippen LogP) is 2.52. The van der Waals surface area contributed by atoms with Crippen LogP contribution in [0.2, 0.25) is 0 Å². The Morgan fingerprint density at radius 3 is 2.86 bits per heavy atom. The van der Waals surface area contributed by atoms with Gasteiger partial charge in [-0.05, 0) is 56.4 Å². The molecular formula is C13H21N. The highest BCUT2D eigenvalue weighted by molar-refractivity contribution is 5.32. The van der Waals surface area contributed by atoms with Crippen molar-refractivity contribution in [2.45, 2.75) is 50.6 Å². The van der Waals surface area contributed by atoms with E-state index in [9.17, 15) is 0 Å². The molecule has 1 heterocycles. The van der Waals surface area contributed by atoms with Gasteiger partial charge in [-0.2, -0.15) is 0 Å². The number of fused-ring (bicyclic) bond motifs is 1. The second-order valence-electron chi connectivity index (χ2n) is 6.29. The number of nitrogens with zero attached hydrogens (tertiary/aromatic N) is 1. The molecule has 14 heavy (non-hydrogen) atoms. The molecule has 0 aromatic heterocycles. The average molecular weight is 191 g/mol. The van der Waals surface area contributed by atoms with Crippen molar-refractivity contribution < 1.29 is 0 Å². The van der Waals surface area contributed by atoms with E-state index in [1.807, 2.05) is 0 Å². The van der Waals surface area contributed by atoms with E-state index >= 15 is 0 Å². The van der Waals surface area contributed by atoms with E-state index in [4.69, 9.17) is 0 Å². The molecule has 4 aliphatic rings. The van der Waals surface area contributed by atoms with Crippen molar-refractivity contribution in [3.8, 4) is 0 Å². The maximum absolute atomic E-state index is 2.75. The molecule has 4 rings (SSSR count). The van der Waals surface area contributed by atoms with E-state index < -0.39 is 0 Å². The van der Waals surface area contributed by atoms with Crippen LogP contribution in [0.25, 0.3) is 0 Å². The summed E-state index contributed by atoms with van der Waals surface area (Å²) in [6.45, 7) is 2.38. The zero-order chi connectivity index (χ0) is 9.50. The fourth-order valence-electron chi connectivity index (χ4n) is 5.31. The van der Waals surface area contributed by atoms with Gasteiger partial charge >= 0.3 is 0 Å². The first-order valence-electron chi connectivity index (χ1n) is 6.51. The second kappa shape index (κ2) is 2.21. The molecule has 1 nitrogen and oxygen atoms in total. The van der Waals surface area contributed by atoms with E-state index in [1.165, 1.54) is 12.8 Å². The summed E-state index contributed by atoms with van der Waals surface area (Å²) in [4.78, 5) is 2.75. The van der Waals surface area contributed by atoms with Gasteiger partial charge in [0, 0.05) is 11.6 Å².